The van der Waals surface area contributed by atoms with Crippen molar-refractivity contribution in [3.8, 4) is 0 Å². The van der Waals surface area contributed by atoms with Crippen molar-refractivity contribution in [1.82, 2.24) is 9.78 Å². The van der Waals surface area contributed by atoms with Crippen LogP contribution in [0.1, 0.15) is 22.8 Å². The molecule has 0 spiro atoms. The second-order valence-electron chi connectivity index (χ2n) is 3.68. The van der Waals surface area contributed by atoms with Gasteiger partial charge in [-0.2, -0.15) is 5.10 Å². The minimum absolute atomic E-state index is 0.0733. The number of hydrogen-bond donors (Lipinski definition) is 0. The summed E-state index contributed by atoms with van der Waals surface area (Å²) in [5.41, 5.74) is 0.866. The molecule has 17 heavy (non-hydrogen) atoms. The predicted molar refractivity (Wildman–Crippen MR) is 62.7 cm³/mol. The molecule has 0 aliphatic carbocycles. The van der Waals surface area contributed by atoms with Gasteiger partial charge in [0.25, 0.3) is 0 Å². The summed E-state index contributed by atoms with van der Waals surface area (Å²) in [5.74, 6) is -0.451. The quantitative estimate of drug-likeness (QED) is 0.788. The highest BCUT2D eigenvalue weighted by Gasteiger charge is 2.09. The number of halogens is 2. The van der Waals surface area contributed by atoms with Crippen molar-refractivity contribution in [2.75, 3.05) is 0 Å². The Bertz CT molecular complexity index is 545. The summed E-state index contributed by atoms with van der Waals surface area (Å²) >= 11 is 5.90. The van der Waals surface area contributed by atoms with E-state index in [0.29, 0.717) is 16.1 Å². The SMILES string of the molecule is CC(=O)c1cnn(Cc2c(F)cccc2Cl)c1. The van der Waals surface area contributed by atoms with E-state index in [-0.39, 0.29) is 18.1 Å². The topological polar surface area (TPSA) is 34.9 Å². The molecule has 0 fully saturated rings. The zero-order valence-corrected chi connectivity index (χ0v) is 9.91. The van der Waals surface area contributed by atoms with Crippen LogP contribution < -0.4 is 0 Å². The fraction of sp³-hybridized carbons (Fsp3) is 0.167. The lowest BCUT2D eigenvalue weighted by Crippen LogP contribution is -2.03. The van der Waals surface area contributed by atoms with Crippen LogP contribution in [-0.2, 0) is 6.54 Å². The monoisotopic (exact) mass is 252 g/mol. The standard InChI is InChI=1S/C12H10ClFN2O/c1-8(17)9-5-15-16(6-9)7-10-11(13)3-2-4-12(10)14/h2-6H,7H2,1H3. The van der Waals surface area contributed by atoms with E-state index in [4.69, 9.17) is 11.6 Å². The average molecular weight is 253 g/mol. The minimum atomic E-state index is -0.377. The maximum atomic E-state index is 13.5. The van der Waals surface area contributed by atoms with E-state index >= 15 is 0 Å². The summed E-state index contributed by atoms with van der Waals surface area (Å²) < 4.78 is 15.0. The van der Waals surface area contributed by atoms with Crippen LogP contribution in [0, 0.1) is 5.82 Å². The Labute approximate surface area is 103 Å². The van der Waals surface area contributed by atoms with Crippen LogP contribution >= 0.6 is 11.6 Å². The van der Waals surface area contributed by atoms with Crippen molar-refractivity contribution in [1.29, 1.82) is 0 Å². The number of benzene rings is 1. The molecule has 2 aromatic rings. The van der Waals surface area contributed by atoms with E-state index in [1.54, 1.807) is 18.3 Å². The van der Waals surface area contributed by atoms with Crippen LogP contribution in [0.15, 0.2) is 30.6 Å². The molecule has 0 radical (unpaired) electrons. The second kappa shape index (κ2) is 4.67. The van der Waals surface area contributed by atoms with Crippen LogP contribution in [0.4, 0.5) is 4.39 Å². The van der Waals surface area contributed by atoms with Crippen molar-refractivity contribution in [3.05, 3.63) is 52.6 Å². The van der Waals surface area contributed by atoms with E-state index in [9.17, 15) is 9.18 Å². The summed E-state index contributed by atoms with van der Waals surface area (Å²) in [6.45, 7) is 1.66. The van der Waals surface area contributed by atoms with Crippen LogP contribution in [0.5, 0.6) is 0 Å². The van der Waals surface area contributed by atoms with Crippen molar-refractivity contribution >= 4 is 17.4 Å². The molecule has 1 aromatic carbocycles. The molecule has 0 saturated carbocycles. The van der Waals surface area contributed by atoms with Crippen LogP contribution in [0.25, 0.3) is 0 Å². The Kier molecular flexibility index (Phi) is 3.24. The highest BCUT2D eigenvalue weighted by molar-refractivity contribution is 6.31. The van der Waals surface area contributed by atoms with Crippen LogP contribution in [0.2, 0.25) is 5.02 Å². The van der Waals surface area contributed by atoms with E-state index < -0.39 is 0 Å². The summed E-state index contributed by atoms with van der Waals surface area (Å²) in [6.07, 6.45) is 3.03. The zero-order valence-electron chi connectivity index (χ0n) is 9.15. The van der Waals surface area contributed by atoms with Gasteiger partial charge in [0.2, 0.25) is 0 Å². The van der Waals surface area contributed by atoms with Gasteiger partial charge in [0.15, 0.2) is 5.78 Å². The molecule has 2 rings (SSSR count). The largest absolute Gasteiger partial charge is 0.294 e. The number of carbonyl (C=O) groups is 1. The molecular formula is C12H10ClFN2O. The maximum absolute atomic E-state index is 13.5. The Morgan fingerprint density at radius 1 is 1.53 bits per heavy atom. The van der Waals surface area contributed by atoms with Gasteiger partial charge >= 0.3 is 0 Å². The summed E-state index contributed by atoms with van der Waals surface area (Å²) in [4.78, 5) is 11.1. The van der Waals surface area contributed by atoms with E-state index in [2.05, 4.69) is 5.10 Å². The first kappa shape index (κ1) is 11.8. The predicted octanol–water partition coefficient (Wildman–Crippen LogP) is 2.93. The van der Waals surface area contributed by atoms with Gasteiger partial charge in [0.1, 0.15) is 5.82 Å². The molecule has 0 saturated heterocycles. The number of Topliss-reactive ketones (excluding diaryl/α,β-unsaturated/α-hetero) is 1. The molecule has 1 aromatic heterocycles. The number of carbonyl (C=O) groups excluding carboxylic acids is 1. The van der Waals surface area contributed by atoms with Crippen molar-refractivity contribution in [3.63, 3.8) is 0 Å². The Morgan fingerprint density at radius 3 is 2.88 bits per heavy atom. The number of rotatable bonds is 3. The maximum Gasteiger partial charge on any atom is 0.162 e. The first-order valence-electron chi connectivity index (χ1n) is 5.04. The molecule has 3 nitrogen and oxygen atoms in total. The third-order valence-electron chi connectivity index (χ3n) is 2.42. The van der Waals surface area contributed by atoms with Crippen molar-refractivity contribution in [2.24, 2.45) is 0 Å². The fourth-order valence-corrected chi connectivity index (χ4v) is 1.70. The lowest BCUT2D eigenvalue weighted by atomic mass is 10.2. The summed E-state index contributed by atoms with van der Waals surface area (Å²) in [5, 5.41) is 4.34. The van der Waals surface area contributed by atoms with Crippen LogP contribution in [0.3, 0.4) is 0 Å². The smallest absolute Gasteiger partial charge is 0.162 e. The Balaban J connectivity index is 2.28. The van der Waals surface area contributed by atoms with Gasteiger partial charge < -0.3 is 0 Å². The number of aromatic nitrogens is 2. The fourth-order valence-electron chi connectivity index (χ4n) is 1.48. The highest BCUT2D eigenvalue weighted by atomic mass is 35.5. The summed E-state index contributed by atoms with van der Waals surface area (Å²) in [7, 11) is 0. The lowest BCUT2D eigenvalue weighted by molar-refractivity contribution is 0.101. The molecule has 0 aliphatic rings. The van der Waals surface area contributed by atoms with Gasteiger partial charge in [-0.3, -0.25) is 9.48 Å². The third-order valence-corrected chi connectivity index (χ3v) is 2.78. The molecule has 88 valence electrons. The molecule has 1 heterocycles. The average Bonchev–Trinajstić information content (AvgIpc) is 2.72. The van der Waals surface area contributed by atoms with Gasteiger partial charge in [0, 0.05) is 16.8 Å². The molecule has 0 bridgehead atoms. The number of hydrogen-bond acceptors (Lipinski definition) is 2. The minimum Gasteiger partial charge on any atom is -0.294 e. The first-order chi connectivity index (χ1) is 8.08. The molecular weight excluding hydrogens is 243 g/mol. The normalized spacial score (nSPS) is 10.5. The molecule has 0 aliphatic heterocycles. The molecule has 5 heteroatoms. The van der Waals surface area contributed by atoms with Gasteiger partial charge in [-0.25, -0.2) is 4.39 Å². The van der Waals surface area contributed by atoms with Crippen molar-refractivity contribution in [2.45, 2.75) is 13.5 Å². The third kappa shape index (κ3) is 2.53. The van der Waals surface area contributed by atoms with Gasteiger partial charge in [-0.05, 0) is 19.1 Å². The Morgan fingerprint density at radius 2 is 2.29 bits per heavy atom. The molecule has 0 N–H and O–H groups in total. The molecule has 0 atom stereocenters. The van der Waals surface area contributed by atoms with Crippen molar-refractivity contribution < 1.29 is 9.18 Å². The molecule has 0 unspecified atom stereocenters. The van der Waals surface area contributed by atoms with Gasteiger partial charge in [-0.1, -0.05) is 17.7 Å². The zero-order chi connectivity index (χ0) is 12.4. The first-order valence-corrected chi connectivity index (χ1v) is 5.42. The van der Waals surface area contributed by atoms with E-state index in [1.165, 1.54) is 23.9 Å². The Hall–Kier alpha value is -1.68. The van der Waals surface area contributed by atoms with Gasteiger partial charge in [-0.15, -0.1) is 0 Å². The van der Waals surface area contributed by atoms with E-state index in [1.807, 2.05) is 0 Å². The van der Waals surface area contributed by atoms with E-state index in [0.717, 1.165) is 0 Å². The molecule has 0 amide bonds. The summed E-state index contributed by atoms with van der Waals surface area (Å²) in [6, 6.07) is 4.51. The van der Waals surface area contributed by atoms with Crippen LogP contribution in [-0.4, -0.2) is 15.6 Å². The second-order valence-corrected chi connectivity index (χ2v) is 4.09. The number of nitrogens with zero attached hydrogens (tertiary/aromatic N) is 2. The number of ketones is 1. The lowest BCUT2D eigenvalue weighted by Gasteiger charge is -2.05. The highest BCUT2D eigenvalue weighted by Crippen LogP contribution is 2.19. The van der Waals surface area contributed by atoms with Gasteiger partial charge in [0.05, 0.1) is 18.3 Å².